The molecule has 0 unspecified atom stereocenters. The van der Waals surface area contributed by atoms with Gasteiger partial charge < -0.3 is 8.85 Å². The van der Waals surface area contributed by atoms with Crippen molar-refractivity contribution in [3.05, 3.63) is 0 Å². The van der Waals surface area contributed by atoms with E-state index in [1.807, 2.05) is 0 Å². The fourth-order valence-corrected chi connectivity index (χ4v) is 5.08. The summed E-state index contributed by atoms with van der Waals surface area (Å²) in [5.74, 6) is 0. The SMILES string of the molecule is CCO[Si](CC)(CC)OC1CCCCC1. The van der Waals surface area contributed by atoms with Crippen molar-refractivity contribution in [2.24, 2.45) is 0 Å². The Morgan fingerprint density at radius 2 is 1.60 bits per heavy atom. The summed E-state index contributed by atoms with van der Waals surface area (Å²) in [5.41, 5.74) is 0. The third-order valence-electron chi connectivity index (χ3n) is 3.42. The van der Waals surface area contributed by atoms with Crippen molar-refractivity contribution in [1.82, 2.24) is 0 Å². The lowest BCUT2D eigenvalue weighted by Gasteiger charge is -2.34. The summed E-state index contributed by atoms with van der Waals surface area (Å²) in [5, 5.41) is 0. The lowest BCUT2D eigenvalue weighted by atomic mass is 9.98. The standard InChI is InChI=1S/C12H26O2Si/c1-4-13-15(5-2,6-3)14-12-10-8-7-9-11-12/h12H,4-11H2,1-3H3. The Bertz CT molecular complexity index is 163. The van der Waals surface area contributed by atoms with Crippen LogP contribution in [0, 0.1) is 0 Å². The molecule has 0 amide bonds. The first kappa shape index (κ1) is 13.2. The van der Waals surface area contributed by atoms with Crippen molar-refractivity contribution in [1.29, 1.82) is 0 Å². The Morgan fingerprint density at radius 3 is 2.07 bits per heavy atom. The first-order chi connectivity index (χ1) is 7.26. The van der Waals surface area contributed by atoms with Gasteiger partial charge in [0.1, 0.15) is 0 Å². The second kappa shape index (κ2) is 6.66. The van der Waals surface area contributed by atoms with E-state index in [0.717, 1.165) is 18.7 Å². The van der Waals surface area contributed by atoms with Crippen LogP contribution in [0.5, 0.6) is 0 Å². The summed E-state index contributed by atoms with van der Waals surface area (Å²) in [6.07, 6.45) is 7.07. The molecule has 15 heavy (non-hydrogen) atoms. The quantitative estimate of drug-likeness (QED) is 0.645. The van der Waals surface area contributed by atoms with Crippen molar-refractivity contribution in [2.75, 3.05) is 6.61 Å². The molecule has 0 heterocycles. The van der Waals surface area contributed by atoms with Crippen molar-refractivity contribution < 1.29 is 8.85 Å². The molecule has 2 nitrogen and oxygen atoms in total. The van der Waals surface area contributed by atoms with Gasteiger partial charge in [0.15, 0.2) is 0 Å². The van der Waals surface area contributed by atoms with Gasteiger partial charge in [-0.2, -0.15) is 0 Å². The van der Waals surface area contributed by atoms with Gasteiger partial charge in [0.2, 0.25) is 0 Å². The van der Waals surface area contributed by atoms with E-state index in [4.69, 9.17) is 8.85 Å². The molecule has 3 heteroatoms. The molecule has 0 aromatic heterocycles. The summed E-state index contributed by atoms with van der Waals surface area (Å²) in [4.78, 5) is 0. The van der Waals surface area contributed by atoms with Crippen LogP contribution in [0.4, 0.5) is 0 Å². The summed E-state index contributed by atoms with van der Waals surface area (Å²) >= 11 is 0. The Labute approximate surface area is 95.6 Å². The third kappa shape index (κ3) is 3.89. The zero-order valence-electron chi connectivity index (χ0n) is 10.6. The molecular formula is C12H26O2Si. The second-order valence-corrected chi connectivity index (χ2v) is 8.19. The van der Waals surface area contributed by atoms with Gasteiger partial charge in [0.05, 0.1) is 0 Å². The fraction of sp³-hybridized carbons (Fsp3) is 1.00. The Hall–Kier alpha value is 0.137. The number of hydrogen-bond donors (Lipinski definition) is 0. The van der Waals surface area contributed by atoms with E-state index in [-0.39, 0.29) is 0 Å². The van der Waals surface area contributed by atoms with Crippen LogP contribution in [0.1, 0.15) is 52.9 Å². The van der Waals surface area contributed by atoms with Crippen LogP contribution in [-0.4, -0.2) is 21.3 Å². The fourth-order valence-electron chi connectivity index (χ4n) is 2.40. The van der Waals surface area contributed by atoms with Crippen molar-refractivity contribution in [2.45, 2.75) is 71.1 Å². The average molecular weight is 230 g/mol. The smallest absolute Gasteiger partial charge is 0.337 e. The largest absolute Gasteiger partial charge is 0.394 e. The van der Waals surface area contributed by atoms with Gasteiger partial charge in [-0.1, -0.05) is 33.1 Å². The Morgan fingerprint density at radius 1 is 1.00 bits per heavy atom. The molecule has 1 aliphatic rings. The van der Waals surface area contributed by atoms with Crippen LogP contribution in [0.25, 0.3) is 0 Å². The topological polar surface area (TPSA) is 18.5 Å². The second-order valence-electron chi connectivity index (χ2n) is 4.43. The maximum atomic E-state index is 6.33. The molecule has 1 aliphatic carbocycles. The summed E-state index contributed by atoms with van der Waals surface area (Å²) in [7, 11) is -1.83. The van der Waals surface area contributed by atoms with Gasteiger partial charge in [0, 0.05) is 12.7 Å². The molecule has 0 radical (unpaired) electrons. The highest BCUT2D eigenvalue weighted by Crippen LogP contribution is 2.27. The first-order valence-electron chi connectivity index (χ1n) is 6.58. The Balaban J connectivity index is 2.47. The van der Waals surface area contributed by atoms with Gasteiger partial charge in [0.25, 0.3) is 0 Å². The van der Waals surface area contributed by atoms with Crippen LogP contribution in [-0.2, 0) is 8.85 Å². The molecule has 0 N–H and O–H groups in total. The molecule has 0 aromatic rings. The lowest BCUT2D eigenvalue weighted by Crippen LogP contribution is -2.44. The number of rotatable bonds is 6. The maximum Gasteiger partial charge on any atom is 0.337 e. The summed E-state index contributed by atoms with van der Waals surface area (Å²) < 4.78 is 12.3. The van der Waals surface area contributed by atoms with Crippen molar-refractivity contribution in [3.63, 3.8) is 0 Å². The maximum absolute atomic E-state index is 6.33. The third-order valence-corrected chi connectivity index (χ3v) is 7.15. The Kier molecular flexibility index (Phi) is 5.86. The summed E-state index contributed by atoms with van der Waals surface area (Å²) in [6, 6.07) is 2.18. The van der Waals surface area contributed by atoms with Gasteiger partial charge in [-0.25, -0.2) is 0 Å². The normalized spacial score (nSPS) is 19.4. The molecule has 0 bridgehead atoms. The monoisotopic (exact) mass is 230 g/mol. The molecule has 90 valence electrons. The van der Waals surface area contributed by atoms with Gasteiger partial charge >= 0.3 is 8.56 Å². The van der Waals surface area contributed by atoms with E-state index in [1.54, 1.807) is 0 Å². The number of hydrogen-bond acceptors (Lipinski definition) is 2. The molecule has 0 saturated heterocycles. The van der Waals surface area contributed by atoms with E-state index in [2.05, 4.69) is 20.8 Å². The van der Waals surface area contributed by atoms with E-state index < -0.39 is 8.56 Å². The average Bonchev–Trinajstić information content (AvgIpc) is 2.30. The molecular weight excluding hydrogens is 204 g/mol. The van der Waals surface area contributed by atoms with E-state index >= 15 is 0 Å². The first-order valence-corrected chi connectivity index (χ1v) is 8.81. The van der Waals surface area contributed by atoms with Gasteiger partial charge in [-0.05, 0) is 31.9 Å². The van der Waals surface area contributed by atoms with Crippen LogP contribution in [0.3, 0.4) is 0 Å². The minimum Gasteiger partial charge on any atom is -0.394 e. The highest BCUT2D eigenvalue weighted by Gasteiger charge is 2.36. The highest BCUT2D eigenvalue weighted by molar-refractivity contribution is 6.67. The molecule has 0 aromatic carbocycles. The molecule has 1 fully saturated rings. The van der Waals surface area contributed by atoms with Crippen LogP contribution in [0.2, 0.25) is 12.1 Å². The van der Waals surface area contributed by atoms with E-state index in [9.17, 15) is 0 Å². The minimum absolute atomic E-state index is 0.497. The zero-order valence-corrected chi connectivity index (χ0v) is 11.6. The lowest BCUT2D eigenvalue weighted by molar-refractivity contribution is 0.0895. The van der Waals surface area contributed by atoms with Gasteiger partial charge in [-0.15, -0.1) is 0 Å². The minimum atomic E-state index is -1.83. The molecule has 1 saturated carbocycles. The van der Waals surface area contributed by atoms with Crippen LogP contribution >= 0.6 is 0 Å². The van der Waals surface area contributed by atoms with Crippen LogP contribution < -0.4 is 0 Å². The van der Waals surface area contributed by atoms with E-state index in [1.165, 1.54) is 32.1 Å². The zero-order chi connectivity index (χ0) is 11.1. The molecule has 0 atom stereocenters. The van der Waals surface area contributed by atoms with Crippen molar-refractivity contribution >= 4 is 8.56 Å². The molecule has 1 rings (SSSR count). The molecule has 0 aliphatic heterocycles. The van der Waals surface area contributed by atoms with Crippen LogP contribution in [0.15, 0.2) is 0 Å². The highest BCUT2D eigenvalue weighted by atomic mass is 28.4. The van der Waals surface area contributed by atoms with Crippen molar-refractivity contribution in [3.8, 4) is 0 Å². The summed E-state index contributed by atoms with van der Waals surface area (Å²) in [6.45, 7) is 7.32. The predicted octanol–water partition coefficient (Wildman–Crippen LogP) is 3.85. The predicted molar refractivity (Wildman–Crippen MR) is 66.3 cm³/mol. The van der Waals surface area contributed by atoms with Gasteiger partial charge in [-0.3, -0.25) is 0 Å². The molecule has 0 spiro atoms. The van der Waals surface area contributed by atoms with E-state index in [0.29, 0.717) is 6.10 Å².